The molecule has 0 heterocycles. The molecule has 0 saturated carbocycles. The van der Waals surface area contributed by atoms with Crippen molar-refractivity contribution in [2.75, 3.05) is 6.54 Å². The molecule has 0 aliphatic carbocycles. The van der Waals surface area contributed by atoms with Crippen LogP contribution in [0.15, 0.2) is 0 Å². The molecule has 0 aliphatic rings. The van der Waals surface area contributed by atoms with Crippen LogP contribution in [0.3, 0.4) is 0 Å². The molecule has 0 aromatic heterocycles. The molecule has 1 radical (unpaired) electrons. The SMILES string of the molecule is CCCCCCCCCCCCCCCCCC[N]S(=O)(=O)O. The van der Waals surface area contributed by atoms with E-state index in [2.05, 4.69) is 11.6 Å². The van der Waals surface area contributed by atoms with E-state index in [1.54, 1.807) is 0 Å². The number of rotatable bonds is 18. The third-order valence-electron chi connectivity index (χ3n) is 4.27. The molecule has 0 bridgehead atoms. The van der Waals surface area contributed by atoms with Crippen molar-refractivity contribution in [1.29, 1.82) is 0 Å². The summed E-state index contributed by atoms with van der Waals surface area (Å²) in [6.07, 6.45) is 20.7. The van der Waals surface area contributed by atoms with Crippen molar-refractivity contribution in [2.24, 2.45) is 0 Å². The van der Waals surface area contributed by atoms with Gasteiger partial charge >= 0.3 is 10.3 Å². The Kier molecular flexibility index (Phi) is 16.6. The fraction of sp³-hybridized carbons (Fsp3) is 1.00. The Morgan fingerprint density at radius 2 is 0.913 bits per heavy atom. The normalized spacial score (nSPS) is 11.9. The zero-order chi connectivity index (χ0) is 17.2. The van der Waals surface area contributed by atoms with Crippen molar-refractivity contribution in [2.45, 2.75) is 110 Å². The minimum Gasteiger partial charge on any atom is -0.272 e. The van der Waals surface area contributed by atoms with E-state index >= 15 is 0 Å². The molecule has 23 heavy (non-hydrogen) atoms. The van der Waals surface area contributed by atoms with Crippen molar-refractivity contribution in [3.63, 3.8) is 0 Å². The van der Waals surface area contributed by atoms with Gasteiger partial charge in [0.15, 0.2) is 0 Å². The third kappa shape index (κ3) is 21.9. The van der Waals surface area contributed by atoms with Crippen LogP contribution in [-0.2, 0) is 10.3 Å². The van der Waals surface area contributed by atoms with Gasteiger partial charge < -0.3 is 0 Å². The Labute approximate surface area is 144 Å². The molecule has 0 aromatic rings. The summed E-state index contributed by atoms with van der Waals surface area (Å²) in [5.74, 6) is 0. The van der Waals surface area contributed by atoms with Gasteiger partial charge in [-0.1, -0.05) is 108 Å². The highest BCUT2D eigenvalue weighted by Crippen LogP contribution is 2.13. The number of hydrogen-bond donors (Lipinski definition) is 1. The quantitative estimate of drug-likeness (QED) is 0.257. The van der Waals surface area contributed by atoms with Gasteiger partial charge in [-0.3, -0.25) is 4.55 Å². The summed E-state index contributed by atoms with van der Waals surface area (Å²) in [6.45, 7) is 2.48. The molecular formula is C18H38NO3S. The summed E-state index contributed by atoms with van der Waals surface area (Å²) in [7, 11) is -4.12. The standard InChI is InChI=1S/C18H38NO3S/c1-2-3-4-5-6-7-8-9-10-11-12-13-14-15-16-17-18-19-23(20,21)22/h2-18H2,1H3,(H,20,21,22). The van der Waals surface area contributed by atoms with Gasteiger partial charge in [-0.05, 0) is 6.42 Å². The Bertz CT molecular complexity index is 331. The maximum Gasteiger partial charge on any atom is 0.350 e. The fourth-order valence-corrected chi connectivity index (χ4v) is 3.20. The van der Waals surface area contributed by atoms with Crippen molar-refractivity contribution in [3.8, 4) is 0 Å². The fourth-order valence-electron chi connectivity index (χ4n) is 2.84. The van der Waals surface area contributed by atoms with Gasteiger partial charge in [0.05, 0.1) is 0 Å². The first kappa shape index (κ1) is 22.9. The molecule has 0 atom stereocenters. The van der Waals surface area contributed by atoms with Gasteiger partial charge in [0.1, 0.15) is 0 Å². The van der Waals surface area contributed by atoms with Gasteiger partial charge in [-0.15, -0.1) is 0 Å². The Morgan fingerprint density at radius 3 is 1.22 bits per heavy atom. The van der Waals surface area contributed by atoms with Crippen molar-refractivity contribution in [3.05, 3.63) is 0 Å². The van der Waals surface area contributed by atoms with Gasteiger partial charge in [0.2, 0.25) is 0 Å². The second-order valence-electron chi connectivity index (χ2n) is 6.60. The maximum absolute atomic E-state index is 10.4. The molecule has 0 rings (SSSR count). The lowest BCUT2D eigenvalue weighted by Gasteiger charge is -2.03. The zero-order valence-corrected chi connectivity index (χ0v) is 16.0. The van der Waals surface area contributed by atoms with E-state index in [0.717, 1.165) is 19.3 Å². The molecule has 0 spiro atoms. The summed E-state index contributed by atoms with van der Waals surface area (Å²) in [5, 5.41) is 0. The molecule has 5 heteroatoms. The van der Waals surface area contributed by atoms with Crippen LogP contribution >= 0.6 is 0 Å². The second kappa shape index (κ2) is 16.7. The number of nitrogens with zero attached hydrogens (tertiary/aromatic N) is 1. The summed E-state index contributed by atoms with van der Waals surface area (Å²) < 4.78 is 32.4. The molecule has 139 valence electrons. The van der Waals surface area contributed by atoms with Crippen molar-refractivity contribution in [1.82, 2.24) is 4.72 Å². The van der Waals surface area contributed by atoms with Crippen LogP contribution in [-0.4, -0.2) is 19.5 Å². The average Bonchev–Trinajstić information content (AvgIpc) is 2.49. The largest absolute Gasteiger partial charge is 0.350 e. The van der Waals surface area contributed by atoms with Gasteiger partial charge in [0, 0.05) is 6.54 Å². The van der Waals surface area contributed by atoms with Gasteiger partial charge in [0.25, 0.3) is 0 Å². The Hall–Kier alpha value is -0.130. The van der Waals surface area contributed by atoms with Crippen LogP contribution in [0, 0.1) is 0 Å². The molecule has 1 N–H and O–H groups in total. The van der Waals surface area contributed by atoms with E-state index in [4.69, 9.17) is 4.55 Å². The molecule has 0 saturated heterocycles. The first-order valence-corrected chi connectivity index (χ1v) is 11.1. The van der Waals surface area contributed by atoms with E-state index < -0.39 is 10.3 Å². The summed E-state index contributed by atoms with van der Waals surface area (Å²) in [4.78, 5) is 0. The molecule has 0 aromatic carbocycles. The highest BCUT2D eigenvalue weighted by molar-refractivity contribution is 7.83. The van der Waals surface area contributed by atoms with E-state index in [1.807, 2.05) is 0 Å². The lowest BCUT2D eigenvalue weighted by atomic mass is 10.0. The molecule has 0 fully saturated rings. The second-order valence-corrected chi connectivity index (χ2v) is 7.76. The minimum absolute atomic E-state index is 0.220. The van der Waals surface area contributed by atoms with Gasteiger partial charge in [-0.25, -0.2) is 0 Å². The smallest absolute Gasteiger partial charge is 0.272 e. The number of unbranched alkanes of at least 4 members (excludes halogenated alkanes) is 15. The predicted molar refractivity (Wildman–Crippen MR) is 98.1 cm³/mol. The highest BCUT2D eigenvalue weighted by atomic mass is 32.2. The average molecular weight is 349 g/mol. The van der Waals surface area contributed by atoms with Crippen molar-refractivity contribution < 1.29 is 13.0 Å². The lowest BCUT2D eigenvalue weighted by Crippen LogP contribution is -2.15. The number of hydrogen-bond acceptors (Lipinski definition) is 2. The van der Waals surface area contributed by atoms with Crippen LogP contribution in [0.25, 0.3) is 0 Å². The lowest BCUT2D eigenvalue weighted by molar-refractivity contribution is 0.462. The Morgan fingerprint density at radius 1 is 0.609 bits per heavy atom. The first-order chi connectivity index (χ1) is 11.1. The van der Waals surface area contributed by atoms with Crippen LogP contribution in [0.2, 0.25) is 0 Å². The third-order valence-corrected chi connectivity index (χ3v) is 4.77. The monoisotopic (exact) mass is 348 g/mol. The molecule has 0 amide bonds. The van der Waals surface area contributed by atoms with Crippen molar-refractivity contribution >= 4 is 10.3 Å². The molecular weight excluding hydrogens is 310 g/mol. The van der Waals surface area contributed by atoms with Crippen LogP contribution in [0.5, 0.6) is 0 Å². The van der Waals surface area contributed by atoms with E-state index in [-0.39, 0.29) is 6.54 Å². The minimum atomic E-state index is -4.12. The molecule has 0 unspecified atom stereocenters. The zero-order valence-electron chi connectivity index (χ0n) is 15.1. The summed E-state index contributed by atoms with van der Waals surface area (Å²) >= 11 is 0. The van der Waals surface area contributed by atoms with E-state index in [0.29, 0.717) is 0 Å². The Balaban J connectivity index is 3.03. The van der Waals surface area contributed by atoms with Crippen LogP contribution in [0.4, 0.5) is 0 Å². The van der Waals surface area contributed by atoms with Crippen LogP contribution in [0.1, 0.15) is 110 Å². The summed E-state index contributed by atoms with van der Waals surface area (Å²) in [5.41, 5.74) is 0. The molecule has 0 aliphatic heterocycles. The van der Waals surface area contributed by atoms with E-state index in [1.165, 1.54) is 83.5 Å². The predicted octanol–water partition coefficient (Wildman–Crippen LogP) is 5.66. The molecule has 4 nitrogen and oxygen atoms in total. The maximum atomic E-state index is 10.4. The van der Waals surface area contributed by atoms with E-state index in [9.17, 15) is 8.42 Å². The first-order valence-electron chi connectivity index (χ1n) is 9.72. The van der Waals surface area contributed by atoms with Crippen LogP contribution < -0.4 is 4.72 Å². The highest BCUT2D eigenvalue weighted by Gasteiger charge is 2.03. The topological polar surface area (TPSA) is 68.5 Å². The summed E-state index contributed by atoms with van der Waals surface area (Å²) in [6, 6.07) is 0. The van der Waals surface area contributed by atoms with Gasteiger partial charge in [-0.2, -0.15) is 8.42 Å².